The molecule has 0 saturated heterocycles. The molecule has 0 heterocycles. The highest BCUT2D eigenvalue weighted by Crippen LogP contribution is 2.33. The minimum absolute atomic E-state index is 0.510. The molecule has 0 aromatic heterocycles. The van der Waals surface area contributed by atoms with Crippen molar-refractivity contribution in [3.63, 3.8) is 0 Å². The van der Waals surface area contributed by atoms with Crippen LogP contribution in [0, 0.1) is 6.92 Å². The summed E-state index contributed by atoms with van der Waals surface area (Å²) in [6.07, 6.45) is 0. The summed E-state index contributed by atoms with van der Waals surface area (Å²) in [6, 6.07) is 12.0. The molecule has 0 unspecified atom stereocenters. The summed E-state index contributed by atoms with van der Waals surface area (Å²) in [6.45, 7) is 6.01. The van der Waals surface area contributed by atoms with Crippen LogP contribution in [-0.4, -0.2) is 33.8 Å². The van der Waals surface area contributed by atoms with E-state index in [0.717, 1.165) is 18.1 Å². The minimum atomic E-state index is 0.510. The average molecular weight is 371 g/mol. The zero-order chi connectivity index (χ0) is 19.6. The van der Waals surface area contributed by atoms with Gasteiger partial charge in [0.15, 0.2) is 5.96 Å². The van der Waals surface area contributed by atoms with Gasteiger partial charge in [-0.2, -0.15) is 0 Å². The SMILES string of the molecule is CCNC(=NCc1cccc(C)c1)NCc1c(OC)cc(OC)cc1OC. The number of guanidine groups is 1. The lowest BCUT2D eigenvalue weighted by molar-refractivity contribution is 0.368. The first kappa shape index (κ1) is 20.4. The molecular formula is C21H29N3O3. The first-order valence-corrected chi connectivity index (χ1v) is 8.97. The molecule has 27 heavy (non-hydrogen) atoms. The molecule has 0 atom stereocenters. The first-order chi connectivity index (χ1) is 13.1. The van der Waals surface area contributed by atoms with E-state index in [2.05, 4.69) is 40.7 Å². The Morgan fingerprint density at radius 3 is 2.22 bits per heavy atom. The average Bonchev–Trinajstić information content (AvgIpc) is 2.69. The number of aliphatic imine (C=N–C) groups is 1. The van der Waals surface area contributed by atoms with Gasteiger partial charge in [0.2, 0.25) is 0 Å². The third-order valence-electron chi connectivity index (χ3n) is 4.10. The van der Waals surface area contributed by atoms with Crippen molar-refractivity contribution < 1.29 is 14.2 Å². The number of rotatable bonds is 8. The van der Waals surface area contributed by atoms with Crippen molar-refractivity contribution in [2.24, 2.45) is 4.99 Å². The number of benzene rings is 2. The van der Waals surface area contributed by atoms with Crippen LogP contribution in [0.1, 0.15) is 23.6 Å². The van der Waals surface area contributed by atoms with Gasteiger partial charge in [0, 0.05) is 18.7 Å². The van der Waals surface area contributed by atoms with Gasteiger partial charge in [-0.3, -0.25) is 0 Å². The van der Waals surface area contributed by atoms with E-state index in [9.17, 15) is 0 Å². The number of hydrogen-bond donors (Lipinski definition) is 2. The summed E-state index contributed by atoms with van der Waals surface area (Å²) in [5.74, 6) is 2.83. The maximum Gasteiger partial charge on any atom is 0.191 e. The molecule has 2 N–H and O–H groups in total. The zero-order valence-corrected chi connectivity index (χ0v) is 16.8. The van der Waals surface area contributed by atoms with Gasteiger partial charge >= 0.3 is 0 Å². The van der Waals surface area contributed by atoms with Gasteiger partial charge in [-0.15, -0.1) is 0 Å². The van der Waals surface area contributed by atoms with Crippen LogP contribution in [0.4, 0.5) is 0 Å². The van der Waals surface area contributed by atoms with Crippen LogP contribution >= 0.6 is 0 Å². The largest absolute Gasteiger partial charge is 0.496 e. The number of hydrogen-bond acceptors (Lipinski definition) is 4. The third-order valence-corrected chi connectivity index (χ3v) is 4.10. The second-order valence-electron chi connectivity index (χ2n) is 6.05. The molecule has 0 aliphatic rings. The lowest BCUT2D eigenvalue weighted by atomic mass is 10.1. The Bertz CT molecular complexity index is 750. The van der Waals surface area contributed by atoms with Crippen LogP contribution in [0.2, 0.25) is 0 Å². The molecule has 2 rings (SSSR count). The van der Waals surface area contributed by atoms with Crippen LogP contribution in [0.5, 0.6) is 17.2 Å². The van der Waals surface area contributed by atoms with Crippen molar-refractivity contribution in [1.82, 2.24) is 10.6 Å². The van der Waals surface area contributed by atoms with Crippen molar-refractivity contribution in [3.05, 3.63) is 53.1 Å². The molecule has 0 saturated carbocycles. The molecule has 0 amide bonds. The standard InChI is InChI=1S/C21H29N3O3/c1-6-22-21(23-13-16-9-7-8-15(2)10-16)24-14-18-19(26-4)11-17(25-3)12-20(18)27-5/h7-12H,6,13-14H2,1-5H3,(H2,22,23,24). The zero-order valence-electron chi connectivity index (χ0n) is 16.8. The maximum absolute atomic E-state index is 5.50. The van der Waals surface area contributed by atoms with Gasteiger partial charge in [0.1, 0.15) is 17.2 Å². The summed E-state index contributed by atoms with van der Waals surface area (Å²) in [5.41, 5.74) is 3.31. The molecule has 146 valence electrons. The van der Waals surface area contributed by atoms with Crippen LogP contribution in [0.25, 0.3) is 0 Å². The quantitative estimate of drug-likeness (QED) is 0.551. The van der Waals surface area contributed by atoms with Gasteiger partial charge in [-0.05, 0) is 19.4 Å². The Morgan fingerprint density at radius 1 is 0.963 bits per heavy atom. The summed E-state index contributed by atoms with van der Waals surface area (Å²) >= 11 is 0. The normalized spacial score (nSPS) is 11.1. The van der Waals surface area contributed by atoms with Gasteiger partial charge in [0.25, 0.3) is 0 Å². The fourth-order valence-corrected chi connectivity index (χ4v) is 2.75. The van der Waals surface area contributed by atoms with E-state index >= 15 is 0 Å². The number of nitrogens with one attached hydrogen (secondary N) is 2. The smallest absolute Gasteiger partial charge is 0.191 e. The van der Waals surface area contributed by atoms with Crippen LogP contribution in [0.3, 0.4) is 0 Å². The monoisotopic (exact) mass is 371 g/mol. The second-order valence-corrected chi connectivity index (χ2v) is 6.05. The van der Waals surface area contributed by atoms with Crippen molar-refractivity contribution in [3.8, 4) is 17.2 Å². The van der Waals surface area contributed by atoms with Crippen molar-refractivity contribution in [1.29, 1.82) is 0 Å². The van der Waals surface area contributed by atoms with Crippen molar-refractivity contribution in [2.75, 3.05) is 27.9 Å². The van der Waals surface area contributed by atoms with Crippen molar-refractivity contribution in [2.45, 2.75) is 26.9 Å². The molecule has 2 aromatic carbocycles. The Hall–Kier alpha value is -2.89. The fraction of sp³-hybridized carbons (Fsp3) is 0.381. The minimum Gasteiger partial charge on any atom is -0.496 e. The van der Waals surface area contributed by atoms with E-state index in [4.69, 9.17) is 14.2 Å². The molecule has 0 radical (unpaired) electrons. The van der Waals surface area contributed by atoms with E-state index in [0.29, 0.717) is 30.3 Å². The summed E-state index contributed by atoms with van der Waals surface area (Å²) in [5, 5.41) is 6.61. The molecule has 6 nitrogen and oxygen atoms in total. The predicted molar refractivity (Wildman–Crippen MR) is 109 cm³/mol. The molecule has 0 bridgehead atoms. The molecule has 0 aliphatic carbocycles. The Labute approximate surface area is 161 Å². The van der Waals surface area contributed by atoms with Gasteiger partial charge in [-0.1, -0.05) is 29.8 Å². The fourth-order valence-electron chi connectivity index (χ4n) is 2.75. The van der Waals surface area contributed by atoms with Crippen LogP contribution in [0.15, 0.2) is 41.4 Å². The van der Waals surface area contributed by atoms with Gasteiger partial charge in [0.05, 0.1) is 40.0 Å². The Balaban J connectivity index is 2.16. The van der Waals surface area contributed by atoms with E-state index in [-0.39, 0.29) is 0 Å². The Kier molecular flexibility index (Phi) is 7.79. The summed E-state index contributed by atoms with van der Waals surface area (Å²) in [7, 11) is 4.89. The van der Waals surface area contributed by atoms with E-state index in [1.54, 1.807) is 21.3 Å². The highest BCUT2D eigenvalue weighted by atomic mass is 16.5. The molecule has 0 spiro atoms. The maximum atomic E-state index is 5.50. The number of nitrogens with zero attached hydrogens (tertiary/aromatic N) is 1. The second kappa shape index (κ2) is 10.3. The van der Waals surface area contributed by atoms with E-state index in [1.165, 1.54) is 11.1 Å². The lowest BCUT2D eigenvalue weighted by Crippen LogP contribution is -2.37. The topological polar surface area (TPSA) is 64.1 Å². The molecular weight excluding hydrogens is 342 g/mol. The van der Waals surface area contributed by atoms with Gasteiger partial charge < -0.3 is 24.8 Å². The molecule has 0 aliphatic heterocycles. The number of methoxy groups -OCH3 is 3. The third kappa shape index (κ3) is 5.81. The lowest BCUT2D eigenvalue weighted by Gasteiger charge is -2.17. The van der Waals surface area contributed by atoms with Crippen molar-refractivity contribution >= 4 is 5.96 Å². The molecule has 0 fully saturated rings. The highest BCUT2D eigenvalue weighted by Gasteiger charge is 2.13. The Morgan fingerprint density at radius 2 is 1.67 bits per heavy atom. The van der Waals surface area contributed by atoms with E-state index < -0.39 is 0 Å². The van der Waals surface area contributed by atoms with Gasteiger partial charge in [-0.25, -0.2) is 4.99 Å². The van der Waals surface area contributed by atoms with Crippen LogP contribution < -0.4 is 24.8 Å². The van der Waals surface area contributed by atoms with E-state index in [1.807, 2.05) is 25.1 Å². The van der Waals surface area contributed by atoms with Crippen LogP contribution in [-0.2, 0) is 13.1 Å². The highest BCUT2D eigenvalue weighted by molar-refractivity contribution is 5.80. The molecule has 6 heteroatoms. The predicted octanol–water partition coefficient (Wildman–Crippen LogP) is 3.28. The summed E-state index contributed by atoms with van der Waals surface area (Å²) in [4.78, 5) is 4.67. The number of aryl methyl sites for hydroxylation is 1. The summed E-state index contributed by atoms with van der Waals surface area (Å²) < 4.78 is 16.3. The number of ether oxygens (including phenoxy) is 3. The molecule has 2 aromatic rings. The first-order valence-electron chi connectivity index (χ1n) is 8.97.